The van der Waals surface area contributed by atoms with E-state index in [1.807, 2.05) is 24.0 Å². The molecule has 0 unspecified atom stereocenters. The molecule has 1 saturated heterocycles. The van der Waals surface area contributed by atoms with Crippen molar-refractivity contribution in [3.63, 3.8) is 0 Å². The minimum atomic E-state index is -0.551. The van der Waals surface area contributed by atoms with Gasteiger partial charge >= 0.3 is 0 Å². The van der Waals surface area contributed by atoms with Crippen LogP contribution in [0.3, 0.4) is 0 Å². The first-order chi connectivity index (χ1) is 13.4. The molecule has 2 aromatic rings. The molecule has 0 bridgehead atoms. The maximum absolute atomic E-state index is 13.2. The summed E-state index contributed by atoms with van der Waals surface area (Å²) >= 11 is 0. The van der Waals surface area contributed by atoms with E-state index in [2.05, 4.69) is 29.2 Å². The van der Waals surface area contributed by atoms with Gasteiger partial charge in [0.15, 0.2) is 0 Å². The number of aromatic nitrogens is 1. The van der Waals surface area contributed by atoms with Gasteiger partial charge in [-0.2, -0.15) is 0 Å². The topological polar surface area (TPSA) is 53.5 Å². The van der Waals surface area contributed by atoms with Gasteiger partial charge in [-0.05, 0) is 48.1 Å². The highest BCUT2D eigenvalue weighted by Crippen LogP contribution is 2.36. The number of carbonyl (C=O) groups excluding carboxylic acids is 2. The second kappa shape index (κ2) is 8.55. The third kappa shape index (κ3) is 4.24. The first-order valence-electron chi connectivity index (χ1n) is 9.94. The average Bonchev–Trinajstić information content (AvgIpc) is 2.73. The predicted molar refractivity (Wildman–Crippen MR) is 111 cm³/mol. The molecular weight excluding hydrogens is 350 g/mol. The van der Waals surface area contributed by atoms with Crippen LogP contribution in [0.4, 0.5) is 0 Å². The number of hydrogen-bond donors (Lipinski definition) is 0. The third-order valence-corrected chi connectivity index (χ3v) is 5.60. The maximum atomic E-state index is 13.2. The number of hydrogen-bond acceptors (Lipinski definition) is 3. The van der Waals surface area contributed by atoms with Crippen molar-refractivity contribution < 1.29 is 9.59 Å². The summed E-state index contributed by atoms with van der Waals surface area (Å²) in [6.45, 7) is 3.13. The second-order valence-electron chi connectivity index (χ2n) is 7.86. The minimum Gasteiger partial charge on any atom is -0.348 e. The van der Waals surface area contributed by atoms with Crippen molar-refractivity contribution in [2.24, 2.45) is 5.41 Å². The van der Waals surface area contributed by atoms with E-state index in [-0.39, 0.29) is 11.8 Å². The Morgan fingerprint density at radius 2 is 1.71 bits per heavy atom. The Morgan fingerprint density at radius 3 is 2.32 bits per heavy atom. The summed E-state index contributed by atoms with van der Waals surface area (Å²) in [5.74, 6) is 0.239. The number of rotatable bonds is 5. The van der Waals surface area contributed by atoms with Crippen molar-refractivity contribution in [2.75, 3.05) is 27.2 Å². The van der Waals surface area contributed by atoms with Crippen LogP contribution in [0.2, 0.25) is 0 Å². The van der Waals surface area contributed by atoms with E-state index >= 15 is 0 Å². The number of piperidine rings is 1. The van der Waals surface area contributed by atoms with Crippen molar-refractivity contribution in [1.82, 2.24) is 14.8 Å². The molecule has 5 heteroatoms. The number of benzene rings is 1. The van der Waals surface area contributed by atoms with Gasteiger partial charge in [-0.25, -0.2) is 0 Å². The molecule has 148 valence electrons. The molecule has 1 aromatic carbocycles. The smallest absolute Gasteiger partial charge is 0.230 e. The largest absolute Gasteiger partial charge is 0.348 e. The quantitative estimate of drug-likeness (QED) is 0.800. The van der Waals surface area contributed by atoms with Gasteiger partial charge in [0.05, 0.1) is 5.41 Å². The zero-order valence-corrected chi connectivity index (χ0v) is 17.0. The Balaban J connectivity index is 1.86. The Hall–Kier alpha value is -2.69. The van der Waals surface area contributed by atoms with Gasteiger partial charge < -0.3 is 9.80 Å². The summed E-state index contributed by atoms with van der Waals surface area (Å²) in [6, 6.07) is 12.4. The summed E-state index contributed by atoms with van der Waals surface area (Å²) in [6.07, 6.45) is 6.37. The van der Waals surface area contributed by atoms with Gasteiger partial charge in [0.25, 0.3) is 0 Å². The lowest BCUT2D eigenvalue weighted by Gasteiger charge is -2.43. The van der Waals surface area contributed by atoms with Crippen molar-refractivity contribution >= 4 is 11.8 Å². The Kier molecular flexibility index (Phi) is 6.12. The summed E-state index contributed by atoms with van der Waals surface area (Å²) in [4.78, 5) is 33.1. The monoisotopic (exact) mass is 379 g/mol. The number of nitrogens with zero attached hydrogens (tertiary/aromatic N) is 3. The molecule has 1 aliphatic rings. The van der Waals surface area contributed by atoms with Crippen LogP contribution < -0.4 is 0 Å². The normalized spacial score (nSPS) is 19.3. The predicted octanol–water partition coefficient (Wildman–Crippen LogP) is 3.40. The van der Waals surface area contributed by atoms with Crippen LogP contribution in [0, 0.1) is 5.41 Å². The van der Waals surface area contributed by atoms with Gasteiger partial charge in [-0.3, -0.25) is 14.6 Å². The maximum Gasteiger partial charge on any atom is 0.230 e. The molecule has 1 aliphatic heterocycles. The van der Waals surface area contributed by atoms with E-state index in [4.69, 9.17) is 0 Å². The SMILES string of the molecule is CCC(=O)N1CCC[C@@](Cc2ccc(-c3ccncc3)cc2)(C(=O)N(C)C)C1. The van der Waals surface area contributed by atoms with Crippen molar-refractivity contribution in [3.05, 3.63) is 54.4 Å². The molecule has 0 N–H and O–H groups in total. The molecule has 1 atom stereocenters. The molecule has 1 aromatic heterocycles. The molecule has 5 nitrogen and oxygen atoms in total. The van der Waals surface area contributed by atoms with Crippen molar-refractivity contribution in [3.8, 4) is 11.1 Å². The van der Waals surface area contributed by atoms with E-state index in [1.54, 1.807) is 31.4 Å². The molecule has 2 amide bonds. The first-order valence-corrected chi connectivity index (χ1v) is 9.94. The zero-order chi connectivity index (χ0) is 20.1. The zero-order valence-electron chi connectivity index (χ0n) is 17.0. The molecule has 3 rings (SSSR count). The standard InChI is InChI=1S/C23H29N3O2/c1-4-21(27)26-15-5-12-23(17-26,22(28)25(2)3)16-18-6-8-19(9-7-18)20-10-13-24-14-11-20/h6-11,13-14H,4-5,12,15-17H2,1-3H3/t23-/m0/s1. The van der Waals surface area contributed by atoms with Crippen molar-refractivity contribution in [1.29, 1.82) is 0 Å². The number of amides is 2. The number of carbonyl (C=O) groups is 2. The van der Waals surface area contributed by atoms with Crippen LogP contribution in [0.25, 0.3) is 11.1 Å². The van der Waals surface area contributed by atoms with E-state index in [0.29, 0.717) is 19.4 Å². The van der Waals surface area contributed by atoms with Crippen LogP contribution in [0.1, 0.15) is 31.7 Å². The summed E-state index contributed by atoms with van der Waals surface area (Å²) in [5, 5.41) is 0. The fourth-order valence-electron chi connectivity index (χ4n) is 4.19. The lowest BCUT2D eigenvalue weighted by molar-refractivity contribution is -0.147. The Labute approximate surface area is 167 Å². The van der Waals surface area contributed by atoms with Crippen LogP contribution in [0.5, 0.6) is 0 Å². The highest BCUT2D eigenvalue weighted by molar-refractivity contribution is 5.84. The molecule has 0 saturated carbocycles. The second-order valence-corrected chi connectivity index (χ2v) is 7.86. The Morgan fingerprint density at radius 1 is 1.07 bits per heavy atom. The average molecular weight is 380 g/mol. The van der Waals surface area contributed by atoms with Gasteiger partial charge in [-0.15, -0.1) is 0 Å². The summed E-state index contributed by atoms with van der Waals surface area (Å²) in [5.41, 5.74) is 2.83. The van der Waals surface area contributed by atoms with Crippen molar-refractivity contribution in [2.45, 2.75) is 32.6 Å². The van der Waals surface area contributed by atoms with Crippen LogP contribution in [-0.4, -0.2) is 53.8 Å². The van der Waals surface area contributed by atoms with Gasteiger partial charge in [0.1, 0.15) is 0 Å². The fourth-order valence-corrected chi connectivity index (χ4v) is 4.19. The minimum absolute atomic E-state index is 0.110. The van der Waals surface area contributed by atoms with E-state index in [0.717, 1.165) is 36.1 Å². The molecule has 0 radical (unpaired) electrons. The van der Waals surface area contributed by atoms with Crippen LogP contribution in [0.15, 0.2) is 48.8 Å². The number of pyridine rings is 1. The van der Waals surface area contributed by atoms with E-state index < -0.39 is 5.41 Å². The Bertz CT molecular complexity index is 818. The molecular formula is C23H29N3O2. The van der Waals surface area contributed by atoms with Gasteiger partial charge in [0.2, 0.25) is 11.8 Å². The lowest BCUT2D eigenvalue weighted by atomic mass is 9.73. The molecule has 2 heterocycles. The molecule has 0 aliphatic carbocycles. The van der Waals surface area contributed by atoms with Gasteiger partial charge in [-0.1, -0.05) is 31.2 Å². The lowest BCUT2D eigenvalue weighted by Crippen LogP contribution is -2.54. The van der Waals surface area contributed by atoms with E-state index in [9.17, 15) is 9.59 Å². The first kappa shape index (κ1) is 20.1. The fraction of sp³-hybridized carbons (Fsp3) is 0.435. The highest BCUT2D eigenvalue weighted by Gasteiger charge is 2.44. The molecule has 1 fully saturated rings. The summed E-state index contributed by atoms with van der Waals surface area (Å²) < 4.78 is 0. The summed E-state index contributed by atoms with van der Waals surface area (Å²) in [7, 11) is 3.61. The van der Waals surface area contributed by atoms with Crippen LogP contribution >= 0.6 is 0 Å². The van der Waals surface area contributed by atoms with Gasteiger partial charge in [0, 0.05) is 46.0 Å². The number of likely N-dealkylation sites (tertiary alicyclic amines) is 1. The molecule has 0 spiro atoms. The van der Waals surface area contributed by atoms with Crippen LogP contribution in [-0.2, 0) is 16.0 Å². The highest BCUT2D eigenvalue weighted by atomic mass is 16.2. The molecule has 28 heavy (non-hydrogen) atoms. The van der Waals surface area contributed by atoms with E-state index in [1.165, 1.54) is 0 Å². The third-order valence-electron chi connectivity index (χ3n) is 5.60.